The molecule has 0 bridgehead atoms. The van der Waals surface area contributed by atoms with Crippen LogP contribution < -0.4 is 5.73 Å². The number of hydrogen-bond donors (Lipinski definition) is 2. The van der Waals surface area contributed by atoms with Crippen LogP contribution >= 0.6 is 0 Å². The molecule has 1 rings (SSSR count). The van der Waals surface area contributed by atoms with Crippen molar-refractivity contribution in [3.8, 4) is 0 Å². The van der Waals surface area contributed by atoms with Gasteiger partial charge in [-0.15, -0.1) is 0 Å². The van der Waals surface area contributed by atoms with E-state index in [0.29, 0.717) is 6.42 Å². The molecule has 0 unspecified atom stereocenters. The topological polar surface area (TPSA) is 83.6 Å². The summed E-state index contributed by atoms with van der Waals surface area (Å²) >= 11 is 0. The maximum Gasteiger partial charge on any atom is 0.243 e. The maximum atomic E-state index is 13.6. The van der Waals surface area contributed by atoms with E-state index < -0.39 is 15.8 Å². The lowest BCUT2D eigenvalue weighted by Crippen LogP contribution is -2.34. The zero-order valence-electron chi connectivity index (χ0n) is 11.1. The lowest BCUT2D eigenvalue weighted by atomic mass is 10.2. The highest BCUT2D eigenvalue weighted by Crippen LogP contribution is 2.23. The Morgan fingerprint density at radius 1 is 1.37 bits per heavy atom. The largest absolute Gasteiger partial charge is 0.398 e. The van der Waals surface area contributed by atoms with Gasteiger partial charge in [0.1, 0.15) is 5.82 Å². The lowest BCUT2D eigenvalue weighted by molar-refractivity contribution is 0.253. The quantitative estimate of drug-likeness (QED) is 0.769. The van der Waals surface area contributed by atoms with Crippen LogP contribution in [-0.2, 0) is 10.0 Å². The monoisotopic (exact) mass is 290 g/mol. The molecule has 0 amide bonds. The molecule has 1 aromatic rings. The van der Waals surface area contributed by atoms with E-state index in [2.05, 4.69) is 0 Å². The van der Waals surface area contributed by atoms with Crippen LogP contribution in [0.3, 0.4) is 0 Å². The molecule has 7 heteroatoms. The van der Waals surface area contributed by atoms with Crippen LogP contribution in [0.4, 0.5) is 10.1 Å². The summed E-state index contributed by atoms with van der Waals surface area (Å²) in [5.41, 5.74) is 5.92. The van der Waals surface area contributed by atoms with Crippen molar-refractivity contribution in [1.29, 1.82) is 0 Å². The number of anilines is 1. The Labute approximate surface area is 112 Å². The number of nitrogens with two attached hydrogens (primary N) is 1. The molecule has 0 aliphatic carbocycles. The predicted octanol–water partition coefficient (Wildman–Crippen LogP) is 1.11. The van der Waals surface area contributed by atoms with E-state index in [4.69, 9.17) is 10.8 Å². The summed E-state index contributed by atoms with van der Waals surface area (Å²) in [5.74, 6) is -0.654. The van der Waals surface area contributed by atoms with Crippen LogP contribution in [0, 0.1) is 12.7 Å². The summed E-state index contributed by atoms with van der Waals surface area (Å²) in [5, 5.41) is 8.92. The zero-order chi connectivity index (χ0) is 14.6. The molecule has 108 valence electrons. The normalized spacial score (nSPS) is 12.1. The number of nitrogens with zero attached hydrogens (tertiary/aromatic N) is 1. The van der Waals surface area contributed by atoms with Gasteiger partial charge in [-0.3, -0.25) is 0 Å². The molecule has 0 heterocycles. The third kappa shape index (κ3) is 3.43. The first kappa shape index (κ1) is 15.9. The van der Waals surface area contributed by atoms with Gasteiger partial charge in [-0.05, 0) is 25.5 Å². The lowest BCUT2D eigenvalue weighted by Gasteiger charge is -2.21. The molecule has 0 saturated carbocycles. The fraction of sp³-hybridized carbons (Fsp3) is 0.500. The van der Waals surface area contributed by atoms with Gasteiger partial charge in [0.05, 0.1) is 11.5 Å². The number of benzene rings is 1. The summed E-state index contributed by atoms with van der Waals surface area (Å²) in [6, 6.07) is 2.20. The summed E-state index contributed by atoms with van der Waals surface area (Å²) in [7, 11) is -3.83. The highest BCUT2D eigenvalue weighted by atomic mass is 32.2. The van der Waals surface area contributed by atoms with Crippen molar-refractivity contribution >= 4 is 15.7 Å². The van der Waals surface area contributed by atoms with Crippen molar-refractivity contribution < 1.29 is 17.9 Å². The van der Waals surface area contributed by atoms with Crippen LogP contribution in [0.15, 0.2) is 17.0 Å². The van der Waals surface area contributed by atoms with Gasteiger partial charge in [0, 0.05) is 24.3 Å². The summed E-state index contributed by atoms with van der Waals surface area (Å²) in [4.78, 5) is -0.185. The highest BCUT2D eigenvalue weighted by Gasteiger charge is 2.24. The standard InChI is InChI=1S/C12H19FN2O3S/c1-3-4-15(5-6-16)19(17,18)10-7-11(13)9(2)12(14)8-10/h7-8,16H,3-6,14H2,1-2H3. The minimum absolute atomic E-state index is 0.0222. The molecule has 0 fully saturated rings. The van der Waals surface area contributed by atoms with E-state index in [1.807, 2.05) is 6.92 Å². The molecule has 0 aromatic heterocycles. The van der Waals surface area contributed by atoms with E-state index >= 15 is 0 Å². The van der Waals surface area contributed by atoms with Crippen molar-refractivity contribution in [3.05, 3.63) is 23.5 Å². The zero-order valence-corrected chi connectivity index (χ0v) is 11.9. The Morgan fingerprint density at radius 3 is 2.47 bits per heavy atom. The molecular weight excluding hydrogens is 271 g/mol. The van der Waals surface area contributed by atoms with Crippen LogP contribution in [0.25, 0.3) is 0 Å². The number of rotatable bonds is 6. The summed E-state index contributed by atoms with van der Waals surface area (Å²) < 4.78 is 39.4. The predicted molar refractivity (Wildman–Crippen MR) is 71.7 cm³/mol. The fourth-order valence-corrected chi connectivity index (χ4v) is 3.26. The number of aliphatic hydroxyl groups is 1. The number of halogens is 1. The Bertz CT molecular complexity index is 517. The van der Waals surface area contributed by atoms with Crippen molar-refractivity contribution in [2.45, 2.75) is 25.2 Å². The maximum absolute atomic E-state index is 13.6. The first-order valence-corrected chi connectivity index (χ1v) is 7.45. The first-order chi connectivity index (χ1) is 8.84. The average Bonchev–Trinajstić information content (AvgIpc) is 2.35. The van der Waals surface area contributed by atoms with Gasteiger partial charge in [-0.1, -0.05) is 6.92 Å². The molecule has 19 heavy (non-hydrogen) atoms. The molecule has 5 nitrogen and oxygen atoms in total. The molecule has 0 aliphatic heterocycles. The Balaban J connectivity index is 3.25. The Hall–Kier alpha value is -1.18. The van der Waals surface area contributed by atoms with Crippen molar-refractivity contribution in [3.63, 3.8) is 0 Å². The van der Waals surface area contributed by atoms with Crippen LogP contribution in [-0.4, -0.2) is 37.5 Å². The van der Waals surface area contributed by atoms with Crippen LogP contribution in [0.1, 0.15) is 18.9 Å². The first-order valence-electron chi connectivity index (χ1n) is 6.01. The van der Waals surface area contributed by atoms with Gasteiger partial charge in [0.25, 0.3) is 0 Å². The molecule has 0 saturated heterocycles. The van der Waals surface area contributed by atoms with Crippen molar-refractivity contribution in [2.75, 3.05) is 25.4 Å². The molecule has 0 spiro atoms. The smallest absolute Gasteiger partial charge is 0.243 e. The number of hydrogen-bond acceptors (Lipinski definition) is 4. The fourth-order valence-electron chi connectivity index (χ4n) is 1.69. The SMILES string of the molecule is CCCN(CCO)S(=O)(=O)c1cc(N)c(C)c(F)c1. The number of aliphatic hydroxyl groups excluding tert-OH is 1. The van der Waals surface area contributed by atoms with E-state index in [9.17, 15) is 12.8 Å². The van der Waals surface area contributed by atoms with E-state index in [1.165, 1.54) is 13.0 Å². The second-order valence-electron chi connectivity index (χ2n) is 4.25. The number of sulfonamides is 1. The van der Waals surface area contributed by atoms with Gasteiger partial charge in [0.2, 0.25) is 10.0 Å². The van der Waals surface area contributed by atoms with Crippen LogP contribution in [0.5, 0.6) is 0 Å². The highest BCUT2D eigenvalue weighted by molar-refractivity contribution is 7.89. The minimum atomic E-state index is -3.83. The van der Waals surface area contributed by atoms with Crippen molar-refractivity contribution in [2.24, 2.45) is 0 Å². The average molecular weight is 290 g/mol. The van der Waals surface area contributed by atoms with E-state index in [0.717, 1.165) is 10.4 Å². The third-order valence-electron chi connectivity index (χ3n) is 2.82. The Kier molecular flexibility index (Phi) is 5.28. The van der Waals surface area contributed by atoms with Gasteiger partial charge >= 0.3 is 0 Å². The van der Waals surface area contributed by atoms with Gasteiger partial charge in [-0.25, -0.2) is 12.8 Å². The third-order valence-corrected chi connectivity index (χ3v) is 4.69. The molecular formula is C12H19FN2O3S. The summed E-state index contributed by atoms with van der Waals surface area (Å²) in [6.07, 6.45) is 0.600. The summed E-state index contributed by atoms with van der Waals surface area (Å²) in [6.45, 7) is 3.26. The van der Waals surface area contributed by atoms with Crippen LogP contribution in [0.2, 0.25) is 0 Å². The molecule has 1 aromatic carbocycles. The van der Waals surface area contributed by atoms with Crippen molar-refractivity contribution in [1.82, 2.24) is 4.31 Å². The van der Waals surface area contributed by atoms with Gasteiger partial charge in [0.15, 0.2) is 0 Å². The Morgan fingerprint density at radius 2 is 2.00 bits per heavy atom. The van der Waals surface area contributed by atoms with Gasteiger partial charge in [-0.2, -0.15) is 4.31 Å². The molecule has 0 atom stereocenters. The second kappa shape index (κ2) is 6.31. The molecule has 3 N–H and O–H groups in total. The van der Waals surface area contributed by atoms with E-state index in [1.54, 1.807) is 0 Å². The molecule has 0 radical (unpaired) electrons. The minimum Gasteiger partial charge on any atom is -0.398 e. The van der Waals surface area contributed by atoms with E-state index in [-0.39, 0.29) is 35.8 Å². The second-order valence-corrected chi connectivity index (χ2v) is 6.18. The number of nitrogen functional groups attached to an aromatic ring is 1. The van der Waals surface area contributed by atoms with Gasteiger partial charge < -0.3 is 10.8 Å². The molecule has 0 aliphatic rings.